The van der Waals surface area contributed by atoms with Gasteiger partial charge in [-0.05, 0) is 107 Å². The molecule has 13 rings (SSSR count). The van der Waals surface area contributed by atoms with Gasteiger partial charge >= 0.3 is 0 Å². The van der Waals surface area contributed by atoms with E-state index in [1.165, 1.54) is 0 Å². The average Bonchev–Trinajstić information content (AvgIpc) is 3.47. The largest absolute Gasteiger partial charge is 0.339 e. The van der Waals surface area contributed by atoms with Crippen LogP contribution in [0.5, 0.6) is 0 Å². The quantitative estimate of drug-likeness (QED) is 0.291. The Morgan fingerprint density at radius 3 is 2.14 bits per heavy atom. The maximum atomic E-state index is 14.6. The standard InChI is InChI=1S/C33H35F2N5O3/c34-32-13-30(14-32,15-32)26-37-24(39-43-26)21-2-1-3-22(12-21)40(27(41)31-16-33(35,17-31)18-31)19-28-6-9-29(10-7-28,11-8-28)25-36-23(38-42-25)20-4-5-20/h1-3,12,20H,4-11,13-19H2. The molecule has 0 aliphatic heterocycles. The molecule has 10 aliphatic rings. The minimum atomic E-state index is -1.15. The summed E-state index contributed by atoms with van der Waals surface area (Å²) in [6.45, 7) is 0.614. The molecular weight excluding hydrogens is 552 g/mol. The topological polar surface area (TPSA) is 98.2 Å². The fraction of sp³-hybridized carbons (Fsp3) is 0.667. The highest BCUT2D eigenvalue weighted by Crippen LogP contribution is 2.71. The second-order valence-corrected chi connectivity index (χ2v) is 15.8. The van der Waals surface area contributed by atoms with Crippen molar-refractivity contribution in [1.82, 2.24) is 20.3 Å². The Labute approximate surface area is 248 Å². The predicted octanol–water partition coefficient (Wildman–Crippen LogP) is 6.66. The molecule has 2 heterocycles. The first-order valence-corrected chi connectivity index (χ1v) is 16.1. The number of nitrogens with zero attached hydrogens (tertiary/aromatic N) is 5. The Kier molecular flexibility index (Phi) is 4.52. The lowest BCUT2D eigenvalue weighted by Gasteiger charge is -2.65. The number of halogens is 2. The van der Waals surface area contributed by atoms with Crippen molar-refractivity contribution in [3.63, 3.8) is 0 Å². The second kappa shape index (κ2) is 7.72. The van der Waals surface area contributed by atoms with Crippen molar-refractivity contribution < 1.29 is 22.6 Å². The summed E-state index contributed by atoms with van der Waals surface area (Å²) >= 11 is 0. The van der Waals surface area contributed by atoms with Gasteiger partial charge in [-0.2, -0.15) is 9.97 Å². The molecule has 1 aromatic carbocycles. The van der Waals surface area contributed by atoms with Gasteiger partial charge in [0.25, 0.3) is 0 Å². The lowest BCUT2D eigenvalue weighted by Crippen LogP contribution is -2.71. The third-order valence-electron chi connectivity index (χ3n) is 12.7. The molecular formula is C33H35F2N5O3. The van der Waals surface area contributed by atoms with Crippen LogP contribution < -0.4 is 4.90 Å². The average molecular weight is 588 g/mol. The van der Waals surface area contributed by atoms with Crippen molar-refractivity contribution in [2.75, 3.05) is 11.4 Å². The smallest absolute Gasteiger partial charge is 0.233 e. The van der Waals surface area contributed by atoms with E-state index in [1.54, 1.807) is 0 Å². The molecule has 6 bridgehead atoms. The summed E-state index contributed by atoms with van der Waals surface area (Å²) < 4.78 is 40.2. The molecule has 0 unspecified atom stereocenters. The minimum Gasteiger partial charge on any atom is -0.339 e. The molecule has 1 amide bonds. The Morgan fingerprint density at radius 2 is 1.49 bits per heavy atom. The van der Waals surface area contributed by atoms with E-state index in [-0.39, 0.29) is 22.2 Å². The zero-order chi connectivity index (χ0) is 28.9. The van der Waals surface area contributed by atoms with E-state index in [4.69, 9.17) is 14.0 Å². The maximum absolute atomic E-state index is 14.6. The molecule has 10 saturated carbocycles. The van der Waals surface area contributed by atoms with Gasteiger partial charge in [-0.15, -0.1) is 0 Å². The van der Waals surface area contributed by atoms with Crippen LogP contribution in [0.2, 0.25) is 0 Å². The van der Waals surface area contributed by atoms with Crippen LogP contribution in [0.1, 0.15) is 113 Å². The second-order valence-electron chi connectivity index (χ2n) is 15.8. The molecule has 10 heteroatoms. The van der Waals surface area contributed by atoms with Gasteiger partial charge < -0.3 is 13.9 Å². The normalized spacial score (nSPS) is 41.5. The van der Waals surface area contributed by atoms with E-state index < -0.39 is 16.8 Å². The molecule has 0 N–H and O–H groups in total. The molecule has 43 heavy (non-hydrogen) atoms. The lowest BCUT2D eigenvalue weighted by atomic mass is 9.41. The molecule has 10 aliphatic carbocycles. The molecule has 0 radical (unpaired) electrons. The highest BCUT2D eigenvalue weighted by atomic mass is 19.1. The molecule has 3 aromatic rings. The SMILES string of the molecule is O=C(N(CC12CCC(c3nc(C4CC4)no3)(CC1)CC2)c1cccc(-c2noc(C34CC(F)(C3)C4)n2)c1)C12CC(F)(C1)C2. The number of hydrogen-bond acceptors (Lipinski definition) is 7. The van der Waals surface area contributed by atoms with E-state index in [2.05, 4.69) is 15.3 Å². The first-order chi connectivity index (χ1) is 20.6. The zero-order valence-electron chi connectivity index (χ0n) is 24.2. The highest BCUT2D eigenvalue weighted by molar-refractivity contribution is 6.00. The van der Waals surface area contributed by atoms with Crippen molar-refractivity contribution in [3.8, 4) is 11.4 Å². The number of carbonyl (C=O) groups excluding carboxylic acids is 1. The van der Waals surface area contributed by atoms with E-state index in [9.17, 15) is 13.6 Å². The first kappa shape index (κ1) is 25.2. The van der Waals surface area contributed by atoms with Crippen molar-refractivity contribution >= 4 is 11.6 Å². The summed E-state index contributed by atoms with van der Waals surface area (Å²) in [4.78, 5) is 25.7. The number of alkyl halides is 2. The Balaban J connectivity index is 0.930. The molecule has 224 valence electrons. The van der Waals surface area contributed by atoms with Gasteiger partial charge in [-0.3, -0.25) is 4.79 Å². The van der Waals surface area contributed by atoms with Gasteiger partial charge in [0.15, 0.2) is 5.82 Å². The first-order valence-electron chi connectivity index (χ1n) is 16.1. The summed E-state index contributed by atoms with van der Waals surface area (Å²) in [7, 11) is 0. The zero-order valence-corrected chi connectivity index (χ0v) is 24.2. The number of anilines is 1. The fourth-order valence-electron chi connectivity index (χ4n) is 9.83. The van der Waals surface area contributed by atoms with Gasteiger partial charge in [0.1, 0.15) is 11.3 Å². The molecule has 0 atom stereocenters. The van der Waals surface area contributed by atoms with Crippen LogP contribution in [0.3, 0.4) is 0 Å². The van der Waals surface area contributed by atoms with Crippen LogP contribution in [0, 0.1) is 10.8 Å². The van der Waals surface area contributed by atoms with E-state index in [0.29, 0.717) is 62.7 Å². The molecule has 10 fully saturated rings. The lowest BCUT2D eigenvalue weighted by molar-refractivity contribution is -0.211. The van der Waals surface area contributed by atoms with Crippen LogP contribution in [0.4, 0.5) is 14.5 Å². The Hall–Kier alpha value is -3.17. The molecule has 0 spiro atoms. The number of fused-ring (bicyclic) bond motifs is 3. The number of aromatic nitrogens is 4. The van der Waals surface area contributed by atoms with Crippen molar-refractivity contribution in [2.24, 2.45) is 10.8 Å². The maximum Gasteiger partial charge on any atom is 0.233 e. The summed E-state index contributed by atoms with van der Waals surface area (Å²) in [6.07, 6.45) is 10.6. The van der Waals surface area contributed by atoms with Gasteiger partial charge in [0.2, 0.25) is 23.5 Å². The van der Waals surface area contributed by atoms with Crippen LogP contribution in [-0.2, 0) is 15.6 Å². The van der Waals surface area contributed by atoms with Crippen LogP contribution >= 0.6 is 0 Å². The van der Waals surface area contributed by atoms with E-state index in [0.717, 1.165) is 74.3 Å². The molecule has 2 aromatic heterocycles. The van der Waals surface area contributed by atoms with Crippen molar-refractivity contribution in [3.05, 3.63) is 41.9 Å². The van der Waals surface area contributed by atoms with Gasteiger partial charge in [0.05, 0.1) is 10.8 Å². The summed E-state index contributed by atoms with van der Waals surface area (Å²) in [5.74, 6) is 3.17. The summed E-state index contributed by atoms with van der Waals surface area (Å²) in [5.41, 5.74) is -1.58. The predicted molar refractivity (Wildman–Crippen MR) is 150 cm³/mol. The van der Waals surface area contributed by atoms with Crippen LogP contribution in [0.15, 0.2) is 33.3 Å². The third kappa shape index (κ3) is 3.43. The van der Waals surface area contributed by atoms with Gasteiger partial charge in [-0.1, -0.05) is 22.4 Å². The molecule has 8 nitrogen and oxygen atoms in total. The fourth-order valence-corrected chi connectivity index (χ4v) is 9.83. The summed E-state index contributed by atoms with van der Waals surface area (Å²) in [6, 6.07) is 7.78. The van der Waals surface area contributed by atoms with Gasteiger partial charge in [0, 0.05) is 29.1 Å². The Bertz CT molecular complexity index is 1630. The Morgan fingerprint density at radius 1 is 0.837 bits per heavy atom. The molecule has 0 saturated heterocycles. The number of benzene rings is 1. The number of rotatable bonds is 8. The van der Waals surface area contributed by atoms with Gasteiger partial charge in [-0.25, -0.2) is 8.78 Å². The third-order valence-corrected chi connectivity index (χ3v) is 12.7. The summed E-state index contributed by atoms with van der Waals surface area (Å²) in [5, 5.41) is 8.55. The van der Waals surface area contributed by atoms with Crippen molar-refractivity contribution in [1.29, 1.82) is 0 Å². The number of carbonyl (C=O) groups is 1. The van der Waals surface area contributed by atoms with Crippen molar-refractivity contribution in [2.45, 2.75) is 118 Å². The number of hydrogen-bond donors (Lipinski definition) is 0. The van der Waals surface area contributed by atoms with Crippen LogP contribution in [-0.4, -0.2) is 44.1 Å². The van der Waals surface area contributed by atoms with E-state index in [1.807, 2.05) is 29.2 Å². The monoisotopic (exact) mass is 587 g/mol. The van der Waals surface area contributed by atoms with Crippen LogP contribution in [0.25, 0.3) is 11.4 Å². The highest BCUT2D eigenvalue weighted by Gasteiger charge is 2.74. The minimum absolute atomic E-state index is 0.00449. The van der Waals surface area contributed by atoms with E-state index >= 15 is 0 Å². The number of amides is 1.